The Hall–Kier alpha value is -5.36. The van der Waals surface area contributed by atoms with E-state index in [1.54, 1.807) is 18.2 Å². The molecule has 0 saturated carbocycles. The Morgan fingerprint density at radius 2 is 1.55 bits per heavy atom. The van der Waals surface area contributed by atoms with Gasteiger partial charge in [0.15, 0.2) is 0 Å². The zero-order valence-corrected chi connectivity index (χ0v) is 33.0. The molecule has 1 fully saturated rings. The van der Waals surface area contributed by atoms with Gasteiger partial charge in [-0.25, -0.2) is 8.42 Å². The molecule has 294 valence electrons. The van der Waals surface area contributed by atoms with Crippen LogP contribution in [-0.2, 0) is 34.0 Å². The SMILES string of the molecule is C=C/C=C\C.NCCNC(=O)Cc1ccc(CN2C(=O)c3ccccc3S(=O)(=O)c3ccc(C(=O)NCCCN4CCC(Cc5ccccc5)CC4)cc32)cc1. The highest BCUT2D eigenvalue weighted by Gasteiger charge is 2.36. The van der Waals surface area contributed by atoms with E-state index in [1.807, 2.05) is 43.3 Å². The quantitative estimate of drug-likeness (QED) is 0.104. The highest BCUT2D eigenvalue weighted by Crippen LogP contribution is 2.38. The standard InChI is InChI=1S/C40H45N5O5S.C5H8/c41-19-21-42-38(46)26-30-11-13-32(14-12-30)28-45-35-27-33(15-16-37(35)51(49,50)36-10-5-4-9-34(36)40(45)48)39(47)43-20-6-22-44-23-17-31(18-24-44)25-29-7-2-1-3-8-29;1-3-5-4-2/h1-5,7-16,27,31H,6,17-26,28,41H2,(H,42,46)(H,43,47);3-5H,1H2,2H3/b;5-4-. The number of benzene rings is 4. The van der Waals surface area contributed by atoms with Crippen molar-refractivity contribution in [1.29, 1.82) is 0 Å². The Labute approximate surface area is 331 Å². The Morgan fingerprint density at radius 3 is 2.23 bits per heavy atom. The first-order valence-corrected chi connectivity index (χ1v) is 20.8. The first kappa shape index (κ1) is 41.8. The van der Waals surface area contributed by atoms with Crippen LogP contribution in [-0.4, -0.2) is 70.3 Å². The third-order valence-electron chi connectivity index (χ3n) is 9.99. The number of nitrogens with zero attached hydrogens (tertiary/aromatic N) is 2. The second-order valence-corrected chi connectivity index (χ2v) is 15.9. The molecule has 0 radical (unpaired) electrons. The van der Waals surface area contributed by atoms with Gasteiger partial charge in [-0.05, 0) is 105 Å². The zero-order chi connectivity index (χ0) is 39.9. The van der Waals surface area contributed by atoms with Crippen LogP contribution in [0.5, 0.6) is 0 Å². The maximum Gasteiger partial charge on any atom is 0.259 e. The maximum atomic E-state index is 14.1. The molecule has 0 atom stereocenters. The summed E-state index contributed by atoms with van der Waals surface area (Å²) in [6.45, 7) is 9.69. The number of sulfone groups is 1. The van der Waals surface area contributed by atoms with E-state index in [1.165, 1.54) is 40.8 Å². The molecule has 56 heavy (non-hydrogen) atoms. The Kier molecular flexibility index (Phi) is 15.3. The first-order chi connectivity index (χ1) is 27.1. The lowest BCUT2D eigenvalue weighted by atomic mass is 9.90. The van der Waals surface area contributed by atoms with Crippen LogP contribution in [0.1, 0.15) is 63.6 Å². The average molecular weight is 776 g/mol. The van der Waals surface area contributed by atoms with Crippen LogP contribution in [0.3, 0.4) is 0 Å². The van der Waals surface area contributed by atoms with Gasteiger partial charge in [0.1, 0.15) is 0 Å². The second-order valence-electron chi connectivity index (χ2n) is 14.1. The van der Waals surface area contributed by atoms with Gasteiger partial charge in [-0.15, -0.1) is 0 Å². The molecule has 4 aromatic carbocycles. The van der Waals surface area contributed by atoms with Crippen LogP contribution in [0.15, 0.2) is 132 Å². The number of likely N-dealkylation sites (tertiary alicyclic amines) is 1. The zero-order valence-electron chi connectivity index (χ0n) is 32.2. The molecule has 6 rings (SSSR count). The van der Waals surface area contributed by atoms with Crippen LogP contribution >= 0.6 is 0 Å². The monoisotopic (exact) mass is 775 g/mol. The summed E-state index contributed by atoms with van der Waals surface area (Å²) in [5.41, 5.74) is 8.87. The van der Waals surface area contributed by atoms with Crippen molar-refractivity contribution in [3.63, 3.8) is 0 Å². The molecular weight excluding hydrogens is 723 g/mol. The number of piperidine rings is 1. The lowest BCUT2D eigenvalue weighted by Gasteiger charge is -2.32. The number of carbonyl (C=O) groups excluding carboxylic acids is 3. The molecule has 2 aliphatic rings. The normalized spacial score (nSPS) is 15.2. The summed E-state index contributed by atoms with van der Waals surface area (Å²) in [5, 5.41) is 5.74. The predicted molar refractivity (Wildman–Crippen MR) is 222 cm³/mol. The van der Waals surface area contributed by atoms with Crippen molar-refractivity contribution in [3.8, 4) is 0 Å². The molecule has 3 amide bonds. The summed E-state index contributed by atoms with van der Waals surface area (Å²) in [7, 11) is -4.07. The number of carbonyl (C=O) groups is 3. The van der Waals surface area contributed by atoms with Crippen molar-refractivity contribution >= 4 is 33.2 Å². The Balaban J connectivity index is 0.00000113. The van der Waals surface area contributed by atoms with E-state index < -0.39 is 15.7 Å². The fourth-order valence-electron chi connectivity index (χ4n) is 7.01. The summed E-state index contributed by atoms with van der Waals surface area (Å²) in [5.74, 6) is -0.262. The van der Waals surface area contributed by atoms with Crippen LogP contribution in [0, 0.1) is 5.92 Å². The second kappa shape index (κ2) is 20.5. The van der Waals surface area contributed by atoms with Gasteiger partial charge >= 0.3 is 0 Å². The molecule has 0 aliphatic carbocycles. The number of nitrogens with one attached hydrogen (secondary N) is 2. The largest absolute Gasteiger partial charge is 0.355 e. The minimum Gasteiger partial charge on any atom is -0.355 e. The summed E-state index contributed by atoms with van der Waals surface area (Å²) >= 11 is 0. The van der Waals surface area contributed by atoms with E-state index in [4.69, 9.17) is 5.73 Å². The van der Waals surface area contributed by atoms with Gasteiger partial charge in [0.2, 0.25) is 15.7 Å². The Bertz CT molecular complexity index is 2090. The topological polar surface area (TPSA) is 142 Å². The van der Waals surface area contributed by atoms with Gasteiger partial charge in [-0.1, -0.05) is 91.5 Å². The van der Waals surface area contributed by atoms with Gasteiger partial charge in [-0.3, -0.25) is 14.4 Å². The molecule has 2 aliphatic heterocycles. The van der Waals surface area contributed by atoms with E-state index >= 15 is 0 Å². The molecule has 0 spiro atoms. The molecule has 0 unspecified atom stereocenters. The van der Waals surface area contributed by atoms with Crippen LogP contribution < -0.4 is 21.3 Å². The van der Waals surface area contributed by atoms with Gasteiger partial charge in [-0.2, -0.15) is 0 Å². The highest BCUT2D eigenvalue weighted by molar-refractivity contribution is 7.91. The fourth-order valence-corrected chi connectivity index (χ4v) is 8.64. The van der Waals surface area contributed by atoms with Crippen molar-refractivity contribution in [2.45, 2.75) is 55.4 Å². The summed E-state index contributed by atoms with van der Waals surface area (Å²) in [6, 6.07) is 28.5. The van der Waals surface area contributed by atoms with Crippen LogP contribution in [0.2, 0.25) is 0 Å². The molecule has 4 aromatic rings. The van der Waals surface area contributed by atoms with E-state index in [9.17, 15) is 22.8 Å². The average Bonchev–Trinajstić information content (AvgIpc) is 3.28. The molecule has 11 heteroatoms. The number of allylic oxidation sites excluding steroid dienone is 3. The van der Waals surface area contributed by atoms with Crippen LogP contribution in [0.25, 0.3) is 0 Å². The fraction of sp³-hybridized carbons (Fsp3) is 0.311. The van der Waals surface area contributed by atoms with Crippen molar-refractivity contribution in [2.24, 2.45) is 11.7 Å². The van der Waals surface area contributed by atoms with E-state index in [2.05, 4.69) is 52.4 Å². The summed E-state index contributed by atoms with van der Waals surface area (Å²) in [6.07, 6.45) is 9.99. The molecule has 4 N–H and O–H groups in total. The number of fused-ring (bicyclic) bond motifs is 2. The molecule has 1 saturated heterocycles. The van der Waals surface area contributed by atoms with E-state index in [0.717, 1.165) is 56.4 Å². The number of hydrogen-bond donors (Lipinski definition) is 3. The van der Waals surface area contributed by atoms with E-state index in [-0.39, 0.29) is 51.4 Å². The molecule has 0 aromatic heterocycles. The highest BCUT2D eigenvalue weighted by atomic mass is 32.2. The summed E-state index contributed by atoms with van der Waals surface area (Å²) < 4.78 is 27.8. The third kappa shape index (κ3) is 11.1. The van der Waals surface area contributed by atoms with Crippen molar-refractivity contribution < 1.29 is 22.8 Å². The molecule has 0 bridgehead atoms. The van der Waals surface area contributed by atoms with Gasteiger partial charge in [0, 0.05) is 25.2 Å². The lowest BCUT2D eigenvalue weighted by Crippen LogP contribution is -2.36. The Morgan fingerprint density at radius 1 is 0.857 bits per heavy atom. The van der Waals surface area contributed by atoms with E-state index in [0.29, 0.717) is 25.6 Å². The lowest BCUT2D eigenvalue weighted by molar-refractivity contribution is -0.120. The summed E-state index contributed by atoms with van der Waals surface area (Å²) in [4.78, 5) is 43.4. The van der Waals surface area contributed by atoms with Crippen molar-refractivity contribution in [2.75, 3.05) is 44.2 Å². The molecule has 2 heterocycles. The molecular formula is C45H53N5O5S. The number of nitrogens with two attached hydrogens (primary N) is 1. The number of amides is 3. The maximum absolute atomic E-state index is 14.1. The van der Waals surface area contributed by atoms with Gasteiger partial charge in [0.25, 0.3) is 11.8 Å². The number of rotatable bonds is 14. The number of anilines is 1. The van der Waals surface area contributed by atoms with Gasteiger partial charge < -0.3 is 26.2 Å². The minimum atomic E-state index is -4.07. The smallest absolute Gasteiger partial charge is 0.259 e. The first-order valence-electron chi connectivity index (χ1n) is 19.3. The van der Waals surface area contributed by atoms with Crippen molar-refractivity contribution in [1.82, 2.24) is 15.5 Å². The minimum absolute atomic E-state index is 0.0405. The van der Waals surface area contributed by atoms with Gasteiger partial charge in [0.05, 0.1) is 34.0 Å². The third-order valence-corrected chi connectivity index (χ3v) is 11.8. The van der Waals surface area contributed by atoms with Crippen LogP contribution in [0.4, 0.5) is 5.69 Å². The number of hydrogen-bond acceptors (Lipinski definition) is 7. The predicted octanol–water partition coefficient (Wildman–Crippen LogP) is 6.12. The molecule has 10 nitrogen and oxygen atoms in total. The van der Waals surface area contributed by atoms with Crippen molar-refractivity contribution in [3.05, 3.63) is 150 Å².